The third-order valence-corrected chi connectivity index (χ3v) is 3.84. The van der Waals surface area contributed by atoms with Crippen LogP contribution >= 0.6 is 15.9 Å². The summed E-state index contributed by atoms with van der Waals surface area (Å²) >= 11 is 3.42. The summed E-state index contributed by atoms with van der Waals surface area (Å²) in [5.74, 6) is 1.23. The highest BCUT2D eigenvalue weighted by atomic mass is 79.9. The topological polar surface area (TPSA) is 53.9 Å². The number of nitrogens with zero attached hydrogens (tertiary/aromatic N) is 4. The Morgan fingerprint density at radius 2 is 1.78 bits per heavy atom. The number of benzene rings is 2. The Labute approximate surface area is 143 Å². The summed E-state index contributed by atoms with van der Waals surface area (Å²) in [5, 5.41) is 11.3. The number of para-hydroxylation sites is 1. The molecule has 1 N–H and O–H groups in total. The van der Waals surface area contributed by atoms with Crippen molar-refractivity contribution in [1.82, 2.24) is 15.2 Å². The molecule has 0 aliphatic carbocycles. The van der Waals surface area contributed by atoms with E-state index in [-0.39, 0.29) is 0 Å². The highest BCUT2D eigenvalue weighted by Crippen LogP contribution is 2.23. The lowest BCUT2D eigenvalue weighted by Crippen LogP contribution is -2.18. The Morgan fingerprint density at radius 1 is 1.04 bits per heavy atom. The fourth-order valence-electron chi connectivity index (χ4n) is 2.23. The Balaban J connectivity index is 1.85. The van der Waals surface area contributed by atoms with Gasteiger partial charge in [0.05, 0.1) is 6.20 Å². The van der Waals surface area contributed by atoms with Crippen molar-refractivity contribution in [1.29, 1.82) is 0 Å². The molecule has 116 valence electrons. The molecule has 0 aliphatic heterocycles. The first-order valence-electron chi connectivity index (χ1n) is 7.31. The number of hydrogen-bond donors (Lipinski definition) is 1. The van der Waals surface area contributed by atoms with E-state index in [2.05, 4.69) is 48.3 Å². The minimum absolute atomic E-state index is 0.471. The van der Waals surface area contributed by atoms with Gasteiger partial charge in [0.2, 0.25) is 5.95 Å². The monoisotopic (exact) mass is 369 g/mol. The van der Waals surface area contributed by atoms with Crippen molar-refractivity contribution in [2.24, 2.45) is 0 Å². The average Bonchev–Trinajstić information content (AvgIpc) is 2.59. The van der Waals surface area contributed by atoms with Crippen LogP contribution in [0, 0.1) is 0 Å². The summed E-state index contributed by atoms with van der Waals surface area (Å²) in [6, 6.07) is 17.9. The lowest BCUT2D eigenvalue weighted by Gasteiger charge is -2.21. The molecule has 1 aromatic heterocycles. The third kappa shape index (κ3) is 3.84. The number of nitrogens with one attached hydrogen (secondary N) is 1. The summed E-state index contributed by atoms with van der Waals surface area (Å²) < 4.78 is 1.03. The minimum atomic E-state index is 0.471. The summed E-state index contributed by atoms with van der Waals surface area (Å²) in [5.41, 5.74) is 1.99. The average molecular weight is 370 g/mol. The number of rotatable bonds is 5. The minimum Gasteiger partial charge on any atom is -0.325 e. The zero-order chi connectivity index (χ0) is 16.1. The molecular weight excluding hydrogens is 354 g/mol. The molecule has 0 spiro atoms. The predicted molar refractivity (Wildman–Crippen MR) is 96.4 cm³/mol. The molecule has 0 unspecified atom stereocenters. The van der Waals surface area contributed by atoms with Crippen molar-refractivity contribution in [3.63, 3.8) is 0 Å². The van der Waals surface area contributed by atoms with Gasteiger partial charge in [0.15, 0.2) is 5.82 Å². The van der Waals surface area contributed by atoms with Crippen LogP contribution in [-0.2, 0) is 0 Å². The number of halogens is 1. The summed E-state index contributed by atoms with van der Waals surface area (Å²) in [4.78, 5) is 6.65. The molecular formula is C17H16BrN5. The van der Waals surface area contributed by atoms with Crippen molar-refractivity contribution < 1.29 is 0 Å². The van der Waals surface area contributed by atoms with E-state index in [9.17, 15) is 0 Å². The molecule has 23 heavy (non-hydrogen) atoms. The molecule has 0 radical (unpaired) electrons. The van der Waals surface area contributed by atoms with E-state index in [0.717, 1.165) is 28.2 Å². The molecule has 0 aliphatic rings. The zero-order valence-corrected chi connectivity index (χ0v) is 14.2. The molecule has 0 atom stereocenters. The van der Waals surface area contributed by atoms with Crippen LogP contribution in [0.25, 0.3) is 0 Å². The third-order valence-electron chi connectivity index (χ3n) is 3.31. The maximum absolute atomic E-state index is 4.57. The summed E-state index contributed by atoms with van der Waals surface area (Å²) in [6.45, 7) is 2.87. The van der Waals surface area contributed by atoms with Gasteiger partial charge in [-0.05, 0) is 43.3 Å². The first-order chi connectivity index (χ1) is 11.3. The molecule has 1 heterocycles. The number of hydrogen-bond acceptors (Lipinski definition) is 5. The van der Waals surface area contributed by atoms with E-state index in [0.29, 0.717) is 5.95 Å². The van der Waals surface area contributed by atoms with Gasteiger partial charge in [-0.3, -0.25) is 0 Å². The van der Waals surface area contributed by atoms with Crippen LogP contribution in [0.15, 0.2) is 65.3 Å². The van der Waals surface area contributed by atoms with E-state index in [1.807, 2.05) is 54.6 Å². The second-order valence-electron chi connectivity index (χ2n) is 4.85. The molecule has 3 rings (SSSR count). The molecule has 2 aromatic carbocycles. The summed E-state index contributed by atoms with van der Waals surface area (Å²) in [7, 11) is 0. The van der Waals surface area contributed by atoms with Gasteiger partial charge in [-0.15, -0.1) is 5.10 Å². The molecule has 0 saturated heterocycles. The van der Waals surface area contributed by atoms with Crippen molar-refractivity contribution in [2.75, 3.05) is 16.8 Å². The molecule has 5 nitrogen and oxygen atoms in total. The van der Waals surface area contributed by atoms with Crippen molar-refractivity contribution in [3.8, 4) is 0 Å². The van der Waals surface area contributed by atoms with Gasteiger partial charge < -0.3 is 10.2 Å². The predicted octanol–water partition coefficient (Wildman–Crippen LogP) is 4.54. The van der Waals surface area contributed by atoms with E-state index >= 15 is 0 Å². The van der Waals surface area contributed by atoms with Crippen LogP contribution in [0.2, 0.25) is 0 Å². The zero-order valence-electron chi connectivity index (χ0n) is 12.6. The van der Waals surface area contributed by atoms with E-state index in [4.69, 9.17) is 0 Å². The SMILES string of the molecule is CCN(c1ccccc1)c1cnnc(Nc2ccc(Br)cc2)n1. The fraction of sp³-hybridized carbons (Fsp3) is 0.118. The standard InChI is InChI=1S/C17H16BrN5/c1-2-23(15-6-4-3-5-7-15)16-12-19-22-17(21-16)20-14-10-8-13(18)9-11-14/h3-12H,2H2,1H3,(H,20,21,22). The van der Waals surface area contributed by atoms with Crippen molar-refractivity contribution >= 4 is 39.1 Å². The lowest BCUT2D eigenvalue weighted by molar-refractivity contribution is 0.922. The quantitative estimate of drug-likeness (QED) is 0.715. The lowest BCUT2D eigenvalue weighted by atomic mass is 10.3. The van der Waals surface area contributed by atoms with Gasteiger partial charge in [0, 0.05) is 22.4 Å². The van der Waals surface area contributed by atoms with Gasteiger partial charge in [-0.25, -0.2) is 0 Å². The van der Waals surface area contributed by atoms with Gasteiger partial charge in [-0.2, -0.15) is 10.1 Å². The second-order valence-corrected chi connectivity index (χ2v) is 5.77. The Morgan fingerprint density at radius 3 is 2.48 bits per heavy atom. The van der Waals surface area contributed by atoms with Gasteiger partial charge in [-0.1, -0.05) is 34.1 Å². The van der Waals surface area contributed by atoms with Gasteiger partial charge in [0.25, 0.3) is 0 Å². The fourth-order valence-corrected chi connectivity index (χ4v) is 2.49. The molecule has 3 aromatic rings. The van der Waals surface area contributed by atoms with Crippen molar-refractivity contribution in [3.05, 3.63) is 65.3 Å². The van der Waals surface area contributed by atoms with Crippen LogP contribution in [0.3, 0.4) is 0 Å². The van der Waals surface area contributed by atoms with Crippen LogP contribution < -0.4 is 10.2 Å². The highest BCUT2D eigenvalue weighted by Gasteiger charge is 2.10. The number of anilines is 4. The largest absolute Gasteiger partial charge is 0.325 e. The first kappa shape index (κ1) is 15.4. The molecule has 0 fully saturated rings. The van der Waals surface area contributed by atoms with E-state index in [1.54, 1.807) is 6.20 Å². The van der Waals surface area contributed by atoms with Gasteiger partial charge >= 0.3 is 0 Å². The number of aromatic nitrogens is 3. The first-order valence-corrected chi connectivity index (χ1v) is 8.10. The maximum Gasteiger partial charge on any atom is 0.249 e. The Hall–Kier alpha value is -2.47. The van der Waals surface area contributed by atoms with Crippen LogP contribution in [0.5, 0.6) is 0 Å². The van der Waals surface area contributed by atoms with Crippen molar-refractivity contribution in [2.45, 2.75) is 6.92 Å². The molecule has 0 saturated carbocycles. The second kappa shape index (κ2) is 7.19. The highest BCUT2D eigenvalue weighted by molar-refractivity contribution is 9.10. The van der Waals surface area contributed by atoms with Crippen LogP contribution in [0.4, 0.5) is 23.1 Å². The molecule has 0 bridgehead atoms. The Kier molecular flexibility index (Phi) is 4.83. The normalized spacial score (nSPS) is 10.3. The maximum atomic E-state index is 4.57. The van der Waals surface area contributed by atoms with Gasteiger partial charge in [0.1, 0.15) is 0 Å². The van der Waals surface area contributed by atoms with E-state index < -0.39 is 0 Å². The Bertz CT molecular complexity index is 761. The molecule has 6 heteroatoms. The smallest absolute Gasteiger partial charge is 0.249 e. The summed E-state index contributed by atoms with van der Waals surface area (Å²) in [6.07, 6.45) is 1.67. The van der Waals surface area contributed by atoms with E-state index in [1.165, 1.54) is 0 Å². The van der Waals surface area contributed by atoms with Crippen LogP contribution in [-0.4, -0.2) is 21.7 Å². The van der Waals surface area contributed by atoms with Crippen LogP contribution in [0.1, 0.15) is 6.92 Å². The molecule has 0 amide bonds.